The molecule has 0 radical (unpaired) electrons. The van der Waals surface area contributed by atoms with Crippen molar-refractivity contribution in [3.8, 4) is 11.5 Å². The minimum atomic E-state index is -1.09. The van der Waals surface area contributed by atoms with Gasteiger partial charge in [-0.15, -0.1) is 0 Å². The lowest BCUT2D eigenvalue weighted by molar-refractivity contribution is -0.139. The fourth-order valence-corrected chi connectivity index (χ4v) is 4.86. The van der Waals surface area contributed by atoms with Gasteiger partial charge in [0.2, 0.25) is 0 Å². The number of ketones is 1. The summed E-state index contributed by atoms with van der Waals surface area (Å²) in [5.41, 5.74) is 3.08. The Kier molecular flexibility index (Phi) is 7.45. The predicted molar refractivity (Wildman–Crippen MR) is 140 cm³/mol. The standard InChI is InChI=1S/C28H35N3O6/c1-5-36-20-6-7-21-18(10-20)13-31(27(21)29)15-24(33)17-11-22(28(2,3)4)26(37-16-25(34)35)23(12-17)30-9-8-19(32)14-30/h6-7,10-12,19,29,32H,5,8-9,13-16H2,1-4H3,(H,34,35). The van der Waals surface area contributed by atoms with Gasteiger partial charge in [0.25, 0.3) is 0 Å². The number of aliphatic carboxylic acids is 1. The van der Waals surface area contributed by atoms with Crippen molar-refractivity contribution in [2.75, 3.05) is 37.7 Å². The van der Waals surface area contributed by atoms with Crippen LogP contribution in [0.1, 0.15) is 61.2 Å². The Hall–Kier alpha value is -3.59. The number of carboxylic acid groups (broad SMARTS) is 1. The molecule has 2 aliphatic rings. The summed E-state index contributed by atoms with van der Waals surface area (Å²) in [6, 6.07) is 9.11. The molecule has 2 aromatic carbocycles. The molecule has 198 valence electrons. The number of fused-ring (bicyclic) bond motifs is 1. The number of nitrogens with zero attached hydrogens (tertiary/aromatic N) is 2. The Morgan fingerprint density at radius 3 is 2.54 bits per heavy atom. The number of ether oxygens (including phenoxy) is 2. The average molecular weight is 510 g/mol. The van der Waals surface area contributed by atoms with Crippen molar-refractivity contribution in [3.63, 3.8) is 0 Å². The molecule has 9 nitrogen and oxygen atoms in total. The quantitative estimate of drug-likeness (QED) is 0.439. The van der Waals surface area contributed by atoms with Gasteiger partial charge in [0.15, 0.2) is 12.4 Å². The highest BCUT2D eigenvalue weighted by Crippen LogP contribution is 2.41. The van der Waals surface area contributed by atoms with Crippen LogP contribution in [0, 0.1) is 5.41 Å². The number of hydrogen-bond donors (Lipinski definition) is 3. The smallest absolute Gasteiger partial charge is 0.341 e. The maximum Gasteiger partial charge on any atom is 0.341 e. The third-order valence-corrected chi connectivity index (χ3v) is 6.70. The minimum Gasteiger partial charge on any atom is -0.494 e. The first kappa shape index (κ1) is 26.5. The van der Waals surface area contributed by atoms with E-state index in [1.807, 2.05) is 50.8 Å². The van der Waals surface area contributed by atoms with Crippen molar-refractivity contribution >= 4 is 23.3 Å². The molecule has 0 aromatic heterocycles. The monoisotopic (exact) mass is 509 g/mol. The summed E-state index contributed by atoms with van der Waals surface area (Å²) >= 11 is 0. The van der Waals surface area contributed by atoms with Gasteiger partial charge in [0, 0.05) is 36.3 Å². The molecule has 37 heavy (non-hydrogen) atoms. The van der Waals surface area contributed by atoms with E-state index in [2.05, 4.69) is 0 Å². The summed E-state index contributed by atoms with van der Waals surface area (Å²) in [6.07, 6.45) is 0.0730. The first-order valence-corrected chi connectivity index (χ1v) is 12.6. The molecule has 1 unspecified atom stereocenters. The predicted octanol–water partition coefficient (Wildman–Crippen LogP) is 3.44. The third kappa shape index (κ3) is 5.72. The normalized spacial score (nSPS) is 17.2. The van der Waals surface area contributed by atoms with Gasteiger partial charge in [-0.1, -0.05) is 20.8 Å². The van der Waals surface area contributed by atoms with Gasteiger partial charge < -0.3 is 29.5 Å². The fraction of sp³-hybridized carbons (Fsp3) is 0.464. The lowest BCUT2D eigenvalue weighted by Gasteiger charge is -2.29. The molecule has 0 bridgehead atoms. The average Bonchev–Trinajstić information content (AvgIpc) is 3.39. The number of hydrogen-bond acceptors (Lipinski definition) is 7. The Bertz CT molecular complexity index is 1220. The molecule has 0 spiro atoms. The second-order valence-electron chi connectivity index (χ2n) is 10.6. The molecule has 2 aromatic rings. The van der Waals surface area contributed by atoms with E-state index < -0.39 is 24.1 Å². The Labute approximate surface area is 217 Å². The molecule has 0 amide bonds. The van der Waals surface area contributed by atoms with Crippen molar-refractivity contribution in [2.24, 2.45) is 0 Å². The number of nitrogens with one attached hydrogen (secondary N) is 1. The fourth-order valence-electron chi connectivity index (χ4n) is 4.86. The lowest BCUT2D eigenvalue weighted by atomic mass is 9.84. The van der Waals surface area contributed by atoms with Crippen LogP contribution in [0.3, 0.4) is 0 Å². The molecule has 2 heterocycles. The maximum absolute atomic E-state index is 13.6. The SMILES string of the molecule is CCOc1ccc2c(c1)CN(CC(=O)c1cc(N3CCC(O)C3)c(OCC(=O)O)c(C(C)(C)C)c1)C2=N. The summed E-state index contributed by atoms with van der Waals surface area (Å²) in [5, 5.41) is 28.0. The van der Waals surface area contributed by atoms with Gasteiger partial charge in [-0.3, -0.25) is 10.2 Å². The number of carboxylic acids is 1. The van der Waals surface area contributed by atoms with Crippen molar-refractivity contribution in [1.29, 1.82) is 5.41 Å². The molecule has 1 atom stereocenters. The number of β-amino-alcohol motifs (C(OH)–C–C–N with tert-alkyl or cyclic N) is 1. The van der Waals surface area contributed by atoms with E-state index in [1.165, 1.54) is 0 Å². The molecule has 0 aliphatic carbocycles. The number of carbonyl (C=O) groups is 2. The van der Waals surface area contributed by atoms with Crippen LogP contribution in [0.25, 0.3) is 0 Å². The summed E-state index contributed by atoms with van der Waals surface area (Å²) in [7, 11) is 0. The molecule has 3 N–H and O–H groups in total. The molecule has 1 saturated heterocycles. The number of aliphatic hydroxyl groups is 1. The highest BCUT2D eigenvalue weighted by molar-refractivity contribution is 6.06. The molecule has 0 saturated carbocycles. The number of aliphatic hydroxyl groups excluding tert-OH is 1. The van der Waals surface area contributed by atoms with Crippen LogP contribution in [0.4, 0.5) is 5.69 Å². The van der Waals surface area contributed by atoms with Crippen LogP contribution in [0.5, 0.6) is 11.5 Å². The minimum absolute atomic E-state index is 0.0262. The number of benzene rings is 2. The number of amidine groups is 1. The van der Waals surface area contributed by atoms with Crippen LogP contribution in [-0.2, 0) is 16.8 Å². The van der Waals surface area contributed by atoms with E-state index in [4.69, 9.17) is 14.9 Å². The van der Waals surface area contributed by atoms with E-state index in [1.54, 1.807) is 17.0 Å². The Morgan fingerprint density at radius 2 is 1.92 bits per heavy atom. The largest absolute Gasteiger partial charge is 0.494 e. The number of rotatable bonds is 9. The Balaban J connectivity index is 1.66. The molecular weight excluding hydrogens is 474 g/mol. The maximum atomic E-state index is 13.6. The van der Waals surface area contributed by atoms with Gasteiger partial charge in [0.1, 0.15) is 17.3 Å². The van der Waals surface area contributed by atoms with Gasteiger partial charge in [-0.25, -0.2) is 4.79 Å². The van der Waals surface area contributed by atoms with Gasteiger partial charge in [-0.05, 0) is 54.7 Å². The molecule has 1 fully saturated rings. The molecular formula is C28H35N3O6. The highest BCUT2D eigenvalue weighted by Gasteiger charge is 2.32. The first-order chi connectivity index (χ1) is 17.5. The van der Waals surface area contributed by atoms with Crippen LogP contribution in [0.2, 0.25) is 0 Å². The van der Waals surface area contributed by atoms with E-state index >= 15 is 0 Å². The first-order valence-electron chi connectivity index (χ1n) is 12.6. The van der Waals surface area contributed by atoms with E-state index in [0.717, 1.165) is 22.4 Å². The van der Waals surface area contributed by atoms with Gasteiger partial charge >= 0.3 is 5.97 Å². The summed E-state index contributed by atoms with van der Waals surface area (Å²) < 4.78 is 11.4. The van der Waals surface area contributed by atoms with Crippen molar-refractivity contribution in [3.05, 3.63) is 52.6 Å². The molecule has 2 aliphatic heterocycles. The molecule has 9 heteroatoms. The van der Waals surface area contributed by atoms with Crippen LogP contribution in [-0.4, -0.2) is 71.7 Å². The highest BCUT2D eigenvalue weighted by atomic mass is 16.5. The number of anilines is 1. The summed E-state index contributed by atoms with van der Waals surface area (Å²) in [6.45, 7) is 9.32. The third-order valence-electron chi connectivity index (χ3n) is 6.70. The zero-order valence-electron chi connectivity index (χ0n) is 21.8. The number of Topliss-reactive ketones (excluding diaryl/α,β-unsaturated/α-hetero) is 1. The van der Waals surface area contributed by atoms with Crippen molar-refractivity contribution < 1.29 is 29.3 Å². The van der Waals surface area contributed by atoms with Crippen LogP contribution < -0.4 is 14.4 Å². The second kappa shape index (κ2) is 10.4. The summed E-state index contributed by atoms with van der Waals surface area (Å²) in [5.74, 6) is 0.217. The topological polar surface area (TPSA) is 123 Å². The molecule has 4 rings (SSSR count). The van der Waals surface area contributed by atoms with Crippen LogP contribution >= 0.6 is 0 Å². The van der Waals surface area contributed by atoms with E-state index in [-0.39, 0.29) is 12.3 Å². The second-order valence-corrected chi connectivity index (χ2v) is 10.6. The summed E-state index contributed by atoms with van der Waals surface area (Å²) in [4.78, 5) is 28.6. The van der Waals surface area contributed by atoms with Crippen molar-refractivity contribution in [2.45, 2.75) is 52.2 Å². The van der Waals surface area contributed by atoms with E-state index in [9.17, 15) is 19.8 Å². The Morgan fingerprint density at radius 1 is 1.16 bits per heavy atom. The zero-order valence-corrected chi connectivity index (χ0v) is 21.8. The van der Waals surface area contributed by atoms with Crippen molar-refractivity contribution in [1.82, 2.24) is 4.90 Å². The van der Waals surface area contributed by atoms with Crippen LogP contribution in [0.15, 0.2) is 30.3 Å². The van der Waals surface area contributed by atoms with E-state index in [0.29, 0.717) is 55.5 Å². The lowest BCUT2D eigenvalue weighted by Crippen LogP contribution is -2.31. The number of carbonyl (C=O) groups excluding carboxylic acids is 1. The van der Waals surface area contributed by atoms with Gasteiger partial charge in [-0.2, -0.15) is 0 Å². The van der Waals surface area contributed by atoms with Gasteiger partial charge in [0.05, 0.1) is 24.9 Å². The zero-order chi connectivity index (χ0) is 26.9.